The van der Waals surface area contributed by atoms with Gasteiger partial charge in [-0.25, -0.2) is 14.5 Å². The predicted molar refractivity (Wildman–Crippen MR) is 128 cm³/mol. The number of ether oxygens (including phenoxy) is 1. The molecule has 3 heterocycles. The van der Waals surface area contributed by atoms with E-state index in [2.05, 4.69) is 15.3 Å². The fourth-order valence-electron chi connectivity index (χ4n) is 4.07. The van der Waals surface area contributed by atoms with Gasteiger partial charge < -0.3 is 15.2 Å². The Balaban J connectivity index is 1.76. The number of pyridine rings is 1. The van der Waals surface area contributed by atoms with Crippen LogP contribution >= 0.6 is 11.3 Å². The molecule has 1 aromatic carbocycles. The first-order chi connectivity index (χ1) is 16.4. The Kier molecular flexibility index (Phi) is 5.37. The number of aromatic carboxylic acids is 1. The Hall–Kier alpha value is -4.05. The van der Waals surface area contributed by atoms with Crippen molar-refractivity contribution in [2.45, 2.75) is 26.7 Å². The summed E-state index contributed by atoms with van der Waals surface area (Å²) in [4.78, 5) is 33.1. The fraction of sp³-hybridized carbons (Fsp3) is 0.208. The monoisotopic (exact) mass is 475 g/mol. The lowest BCUT2D eigenvalue weighted by atomic mass is 9.95. The summed E-state index contributed by atoms with van der Waals surface area (Å²) in [5.41, 5.74) is 6.11. The van der Waals surface area contributed by atoms with Crippen LogP contribution in [-0.2, 0) is 17.6 Å². The van der Waals surface area contributed by atoms with Gasteiger partial charge in [0.25, 0.3) is 0 Å². The summed E-state index contributed by atoms with van der Waals surface area (Å²) in [5.74, 6) is -0.835. The molecule has 0 aliphatic heterocycles. The summed E-state index contributed by atoms with van der Waals surface area (Å²) in [6.07, 6.45) is 3.23. The van der Waals surface area contributed by atoms with Gasteiger partial charge in [0.15, 0.2) is 5.13 Å². The number of anilines is 1. The molecular weight excluding hydrogens is 454 g/mol. The van der Waals surface area contributed by atoms with Gasteiger partial charge in [0.05, 0.1) is 34.6 Å². The van der Waals surface area contributed by atoms with Crippen LogP contribution in [0.1, 0.15) is 34.2 Å². The maximum absolute atomic E-state index is 11.6. The van der Waals surface area contributed by atoms with E-state index in [1.165, 1.54) is 37.5 Å². The van der Waals surface area contributed by atoms with Gasteiger partial charge in [-0.2, -0.15) is 5.10 Å². The van der Waals surface area contributed by atoms with Crippen LogP contribution in [0.4, 0.5) is 5.13 Å². The zero-order valence-electron chi connectivity index (χ0n) is 18.7. The van der Waals surface area contributed by atoms with Crippen LogP contribution in [0.3, 0.4) is 0 Å². The van der Waals surface area contributed by atoms with E-state index >= 15 is 0 Å². The quantitative estimate of drug-likeness (QED) is 0.445. The molecule has 4 aromatic rings. The number of hydrogen-bond donors (Lipinski definition) is 2. The minimum absolute atomic E-state index is 0.121. The highest BCUT2D eigenvalue weighted by atomic mass is 32.1. The van der Waals surface area contributed by atoms with Crippen molar-refractivity contribution in [3.8, 4) is 33.3 Å². The maximum Gasteiger partial charge on any atom is 0.335 e. The lowest BCUT2D eigenvalue weighted by Gasteiger charge is -2.16. The molecule has 0 bridgehead atoms. The van der Waals surface area contributed by atoms with Crippen molar-refractivity contribution in [2.24, 2.45) is 0 Å². The van der Waals surface area contributed by atoms with Crippen LogP contribution < -0.4 is 10.1 Å². The van der Waals surface area contributed by atoms with E-state index in [1.807, 2.05) is 19.1 Å². The Bertz CT molecular complexity index is 1440. The van der Waals surface area contributed by atoms with Gasteiger partial charge in [0.1, 0.15) is 11.4 Å². The topological polar surface area (TPSA) is 119 Å². The van der Waals surface area contributed by atoms with Crippen molar-refractivity contribution >= 4 is 28.3 Å². The molecule has 0 saturated carbocycles. The fourth-order valence-corrected chi connectivity index (χ4v) is 5.19. The molecule has 0 fully saturated rings. The van der Waals surface area contributed by atoms with Crippen LogP contribution in [0.5, 0.6) is 5.75 Å². The average molecular weight is 476 g/mol. The number of carboxylic acid groups (broad SMARTS) is 1. The summed E-state index contributed by atoms with van der Waals surface area (Å²) in [6, 6.07) is 8.64. The van der Waals surface area contributed by atoms with E-state index < -0.39 is 5.97 Å². The Labute approximate surface area is 199 Å². The molecule has 1 amide bonds. The number of nitrogens with one attached hydrogen (secondary N) is 1. The number of thiazole rings is 1. The second-order valence-corrected chi connectivity index (χ2v) is 8.94. The molecule has 0 saturated heterocycles. The molecule has 1 aliphatic rings. The van der Waals surface area contributed by atoms with E-state index in [1.54, 1.807) is 16.9 Å². The van der Waals surface area contributed by atoms with Crippen LogP contribution in [0.2, 0.25) is 0 Å². The number of rotatable bonds is 5. The van der Waals surface area contributed by atoms with E-state index in [4.69, 9.17) is 9.84 Å². The number of carbonyl (C=O) groups is 2. The number of hydrogen-bond acceptors (Lipinski definition) is 7. The molecule has 10 heteroatoms. The average Bonchev–Trinajstić information content (AvgIpc) is 3.39. The number of aromatic nitrogens is 4. The number of benzene rings is 1. The van der Waals surface area contributed by atoms with Gasteiger partial charge in [-0.05, 0) is 50.1 Å². The summed E-state index contributed by atoms with van der Waals surface area (Å²) < 4.78 is 7.33. The molecule has 0 atom stereocenters. The minimum atomic E-state index is -1.04. The van der Waals surface area contributed by atoms with Gasteiger partial charge in [-0.15, -0.1) is 0 Å². The van der Waals surface area contributed by atoms with E-state index in [9.17, 15) is 14.7 Å². The van der Waals surface area contributed by atoms with Crippen LogP contribution in [0, 0.1) is 6.92 Å². The minimum Gasteiger partial charge on any atom is -0.494 e. The number of nitrogens with zero attached hydrogens (tertiary/aromatic N) is 4. The smallest absolute Gasteiger partial charge is 0.335 e. The van der Waals surface area contributed by atoms with E-state index in [0.29, 0.717) is 29.4 Å². The summed E-state index contributed by atoms with van der Waals surface area (Å²) >= 11 is 1.39. The normalized spacial score (nSPS) is 12.1. The van der Waals surface area contributed by atoms with Crippen molar-refractivity contribution in [3.05, 3.63) is 59.0 Å². The molecule has 34 heavy (non-hydrogen) atoms. The van der Waals surface area contributed by atoms with Crippen LogP contribution in [0.25, 0.3) is 27.5 Å². The van der Waals surface area contributed by atoms with Crippen LogP contribution in [-0.4, -0.2) is 43.8 Å². The summed E-state index contributed by atoms with van der Waals surface area (Å²) in [5, 5.41) is 17.7. The third-order valence-electron chi connectivity index (χ3n) is 5.63. The SMILES string of the molecule is COc1cc(C(=O)O)ccc1-n1nc(-c2ccc(C)nc2)c2c1-c1sc(NC(C)=O)nc1CC2. The molecule has 0 spiro atoms. The first-order valence-electron chi connectivity index (χ1n) is 10.6. The predicted octanol–water partition coefficient (Wildman–Crippen LogP) is 4.13. The molecule has 0 radical (unpaired) electrons. The van der Waals surface area contributed by atoms with E-state index in [0.717, 1.165) is 38.8 Å². The zero-order chi connectivity index (χ0) is 24.0. The Morgan fingerprint density at radius 2 is 2.03 bits per heavy atom. The molecule has 2 N–H and O–H groups in total. The highest BCUT2D eigenvalue weighted by molar-refractivity contribution is 7.19. The number of amides is 1. The second kappa shape index (κ2) is 8.38. The summed E-state index contributed by atoms with van der Waals surface area (Å²) in [6.45, 7) is 3.38. The first-order valence-corrected chi connectivity index (χ1v) is 11.4. The number of carboxylic acids is 1. The highest BCUT2D eigenvalue weighted by Crippen LogP contribution is 2.45. The van der Waals surface area contributed by atoms with Crippen molar-refractivity contribution in [1.29, 1.82) is 0 Å². The second-order valence-electron chi connectivity index (χ2n) is 7.94. The molecule has 0 unspecified atom stereocenters. The number of aryl methyl sites for hydroxylation is 2. The third-order valence-corrected chi connectivity index (χ3v) is 6.65. The maximum atomic E-state index is 11.6. The Morgan fingerprint density at radius 1 is 1.21 bits per heavy atom. The van der Waals surface area contributed by atoms with E-state index in [-0.39, 0.29) is 11.5 Å². The molecular formula is C24H21N5O4S. The van der Waals surface area contributed by atoms with Gasteiger partial charge in [-0.3, -0.25) is 9.78 Å². The van der Waals surface area contributed by atoms with Crippen LogP contribution in [0.15, 0.2) is 36.5 Å². The van der Waals surface area contributed by atoms with Crippen molar-refractivity contribution in [2.75, 3.05) is 12.4 Å². The van der Waals surface area contributed by atoms with Gasteiger partial charge >= 0.3 is 5.97 Å². The summed E-state index contributed by atoms with van der Waals surface area (Å²) in [7, 11) is 1.50. The largest absolute Gasteiger partial charge is 0.494 e. The van der Waals surface area contributed by atoms with Crippen molar-refractivity contribution < 1.29 is 19.4 Å². The zero-order valence-corrected chi connectivity index (χ0v) is 19.6. The number of fused-ring (bicyclic) bond motifs is 3. The third kappa shape index (κ3) is 3.71. The number of carbonyl (C=O) groups excluding carboxylic acids is 1. The molecule has 3 aromatic heterocycles. The van der Waals surface area contributed by atoms with Gasteiger partial charge in [0, 0.05) is 29.9 Å². The first kappa shape index (κ1) is 21.8. The highest BCUT2D eigenvalue weighted by Gasteiger charge is 2.31. The van der Waals surface area contributed by atoms with Crippen molar-refractivity contribution in [1.82, 2.24) is 19.7 Å². The molecule has 9 nitrogen and oxygen atoms in total. The van der Waals surface area contributed by atoms with Crippen molar-refractivity contribution in [3.63, 3.8) is 0 Å². The molecule has 172 valence electrons. The lowest BCUT2D eigenvalue weighted by molar-refractivity contribution is -0.114. The molecule has 5 rings (SSSR count). The Morgan fingerprint density at radius 3 is 2.71 bits per heavy atom. The van der Waals surface area contributed by atoms with Gasteiger partial charge in [-0.1, -0.05) is 11.3 Å². The molecule has 1 aliphatic carbocycles. The standard InChI is InChI=1S/C24H21N5O4S/c1-12-4-5-15(11-25-12)20-16-7-8-17-22(34-24(27-17)26-13(2)30)21(16)29(28-20)18-9-6-14(23(31)32)10-19(18)33-3/h4-6,9-11H,7-8H2,1-3H3,(H,31,32)(H,26,27,30). The lowest BCUT2D eigenvalue weighted by Crippen LogP contribution is -2.08. The number of methoxy groups -OCH3 is 1. The van der Waals surface area contributed by atoms with Gasteiger partial charge in [0.2, 0.25) is 5.91 Å².